The summed E-state index contributed by atoms with van der Waals surface area (Å²) in [7, 11) is 2.95. The third-order valence-electron chi connectivity index (χ3n) is 3.72. The Morgan fingerprint density at radius 3 is 2.83 bits per heavy atom. The van der Waals surface area contributed by atoms with E-state index in [4.69, 9.17) is 4.74 Å². The van der Waals surface area contributed by atoms with Gasteiger partial charge in [0.2, 0.25) is 11.1 Å². The average molecular weight is 347 g/mol. The predicted octanol–water partition coefficient (Wildman–Crippen LogP) is 1.55. The second-order valence-corrected chi connectivity index (χ2v) is 6.33. The van der Waals surface area contributed by atoms with E-state index in [1.54, 1.807) is 36.0 Å². The van der Waals surface area contributed by atoms with Crippen LogP contribution in [0.2, 0.25) is 0 Å². The summed E-state index contributed by atoms with van der Waals surface area (Å²) in [5.74, 6) is -0.448. The van der Waals surface area contributed by atoms with Gasteiger partial charge in [-0.25, -0.2) is 9.48 Å². The molecule has 0 radical (unpaired) electrons. The van der Waals surface area contributed by atoms with Crippen LogP contribution in [0, 0.1) is 0 Å². The number of carbonyl (C=O) groups excluding carboxylic acids is 2. The maximum absolute atomic E-state index is 12.5. The van der Waals surface area contributed by atoms with Gasteiger partial charge in [0.15, 0.2) is 0 Å². The van der Waals surface area contributed by atoms with Crippen LogP contribution in [0.1, 0.15) is 29.2 Å². The molecular formula is C15H17N5O3S. The number of methoxy groups -OCH3 is 1. The fraction of sp³-hybridized carbons (Fsp3) is 0.400. The number of hydrogen-bond acceptors (Lipinski definition) is 7. The zero-order valence-electron chi connectivity index (χ0n) is 13.4. The highest BCUT2D eigenvalue weighted by Crippen LogP contribution is 2.36. The van der Waals surface area contributed by atoms with E-state index in [1.807, 2.05) is 0 Å². The van der Waals surface area contributed by atoms with Gasteiger partial charge in [-0.2, -0.15) is 0 Å². The largest absolute Gasteiger partial charge is 0.465 e. The van der Waals surface area contributed by atoms with Crippen molar-refractivity contribution in [3.8, 4) is 0 Å². The van der Waals surface area contributed by atoms with Gasteiger partial charge in [-0.1, -0.05) is 23.9 Å². The molecule has 0 atom stereocenters. The molecule has 0 spiro atoms. The number of aromatic nitrogens is 4. The summed E-state index contributed by atoms with van der Waals surface area (Å²) >= 11 is 1.29. The van der Waals surface area contributed by atoms with Crippen molar-refractivity contribution in [2.45, 2.75) is 24.0 Å². The lowest BCUT2D eigenvalue weighted by Gasteiger charge is -2.19. The average Bonchev–Trinajstić information content (AvgIpc) is 3.36. The van der Waals surface area contributed by atoms with E-state index in [9.17, 15) is 9.59 Å². The highest BCUT2D eigenvalue weighted by Gasteiger charge is 2.28. The SMILES string of the molecule is COC(=O)c1ccccc1N(C)C(=O)CSc1nnnn1C1CC1. The molecule has 8 nitrogen and oxygen atoms in total. The van der Waals surface area contributed by atoms with Crippen LogP contribution in [0.4, 0.5) is 5.69 Å². The van der Waals surface area contributed by atoms with Gasteiger partial charge < -0.3 is 9.64 Å². The van der Waals surface area contributed by atoms with Gasteiger partial charge in [-0.05, 0) is 35.4 Å². The van der Waals surface area contributed by atoms with Gasteiger partial charge in [-0.15, -0.1) is 5.10 Å². The molecule has 1 aliphatic rings. The van der Waals surface area contributed by atoms with Crippen molar-refractivity contribution in [3.05, 3.63) is 29.8 Å². The first-order valence-electron chi connectivity index (χ1n) is 7.46. The standard InChI is InChI=1S/C15H17N5O3S/c1-19(12-6-4-3-5-11(12)14(22)23-2)13(21)9-24-15-16-17-18-20(15)10-7-8-10/h3-6,10H,7-9H2,1-2H3. The molecule has 1 heterocycles. The van der Waals surface area contributed by atoms with E-state index in [0.717, 1.165) is 12.8 Å². The molecule has 2 aromatic rings. The minimum absolute atomic E-state index is 0.151. The Labute approximate surface area is 143 Å². The molecule has 24 heavy (non-hydrogen) atoms. The van der Waals surface area contributed by atoms with Crippen LogP contribution in [-0.2, 0) is 9.53 Å². The molecule has 1 aromatic carbocycles. The van der Waals surface area contributed by atoms with Gasteiger partial charge in [0, 0.05) is 7.05 Å². The maximum atomic E-state index is 12.5. The second kappa shape index (κ2) is 7.00. The summed E-state index contributed by atoms with van der Waals surface area (Å²) in [5, 5.41) is 12.2. The molecule has 1 aliphatic carbocycles. The highest BCUT2D eigenvalue weighted by atomic mass is 32.2. The number of esters is 1. The number of para-hydroxylation sites is 1. The number of amides is 1. The van der Waals surface area contributed by atoms with Crippen LogP contribution in [0.5, 0.6) is 0 Å². The molecule has 0 bridgehead atoms. The molecule has 126 valence electrons. The first kappa shape index (κ1) is 16.4. The maximum Gasteiger partial charge on any atom is 0.339 e. The summed E-state index contributed by atoms with van der Waals surface area (Å²) in [6.45, 7) is 0. The quantitative estimate of drug-likeness (QED) is 0.578. The van der Waals surface area contributed by atoms with Crippen molar-refractivity contribution in [3.63, 3.8) is 0 Å². The van der Waals surface area contributed by atoms with Gasteiger partial charge in [0.1, 0.15) is 0 Å². The van der Waals surface area contributed by atoms with Crippen LogP contribution in [-0.4, -0.2) is 52.0 Å². The minimum Gasteiger partial charge on any atom is -0.465 e. The number of anilines is 1. The molecule has 0 unspecified atom stereocenters. The van der Waals surface area contributed by atoms with Crippen LogP contribution < -0.4 is 4.90 Å². The Bertz CT molecular complexity index is 759. The van der Waals surface area contributed by atoms with Gasteiger partial charge >= 0.3 is 5.97 Å². The number of nitrogens with zero attached hydrogens (tertiary/aromatic N) is 5. The minimum atomic E-state index is -0.476. The number of rotatable bonds is 6. The monoisotopic (exact) mass is 347 g/mol. The number of benzene rings is 1. The lowest BCUT2D eigenvalue weighted by Crippen LogP contribution is -2.29. The number of thioether (sulfide) groups is 1. The fourth-order valence-electron chi connectivity index (χ4n) is 2.23. The second-order valence-electron chi connectivity index (χ2n) is 5.39. The molecule has 1 amide bonds. The van der Waals surface area contributed by atoms with E-state index in [0.29, 0.717) is 22.4 Å². The van der Waals surface area contributed by atoms with E-state index < -0.39 is 5.97 Å². The lowest BCUT2D eigenvalue weighted by atomic mass is 10.1. The first-order valence-corrected chi connectivity index (χ1v) is 8.45. The summed E-state index contributed by atoms with van der Waals surface area (Å²) in [6, 6.07) is 7.20. The molecule has 0 aliphatic heterocycles. The molecule has 9 heteroatoms. The zero-order valence-corrected chi connectivity index (χ0v) is 14.2. The van der Waals surface area contributed by atoms with Gasteiger partial charge in [0.25, 0.3) is 0 Å². The topological polar surface area (TPSA) is 90.2 Å². The Balaban J connectivity index is 1.69. The van der Waals surface area contributed by atoms with E-state index in [1.165, 1.54) is 23.8 Å². The lowest BCUT2D eigenvalue weighted by molar-refractivity contribution is -0.115. The third kappa shape index (κ3) is 3.40. The van der Waals surface area contributed by atoms with Crippen molar-refractivity contribution < 1.29 is 14.3 Å². The fourth-order valence-corrected chi connectivity index (χ4v) is 3.09. The molecule has 1 saturated carbocycles. The first-order chi connectivity index (χ1) is 11.6. The number of carbonyl (C=O) groups is 2. The van der Waals surface area contributed by atoms with E-state index >= 15 is 0 Å². The van der Waals surface area contributed by atoms with Gasteiger partial charge in [0.05, 0.1) is 30.2 Å². The summed E-state index contributed by atoms with van der Waals surface area (Å²) in [6.07, 6.45) is 2.14. The molecule has 1 fully saturated rings. The molecule has 0 saturated heterocycles. The van der Waals surface area contributed by atoms with Gasteiger partial charge in [-0.3, -0.25) is 4.79 Å². The highest BCUT2D eigenvalue weighted by molar-refractivity contribution is 7.99. The number of tetrazole rings is 1. The Hall–Kier alpha value is -2.42. The smallest absolute Gasteiger partial charge is 0.339 e. The van der Waals surface area contributed by atoms with Crippen LogP contribution >= 0.6 is 11.8 Å². The zero-order chi connectivity index (χ0) is 17.1. The Morgan fingerprint density at radius 2 is 2.12 bits per heavy atom. The molecule has 1 aromatic heterocycles. The predicted molar refractivity (Wildman–Crippen MR) is 88.0 cm³/mol. The van der Waals surface area contributed by atoms with E-state index in [-0.39, 0.29) is 11.7 Å². The normalized spacial score (nSPS) is 13.6. The van der Waals surface area contributed by atoms with Crippen molar-refractivity contribution >= 4 is 29.3 Å². The Kier molecular flexibility index (Phi) is 4.79. The van der Waals surface area contributed by atoms with Crippen molar-refractivity contribution in [2.24, 2.45) is 0 Å². The van der Waals surface area contributed by atoms with Crippen molar-refractivity contribution in [1.82, 2.24) is 20.2 Å². The van der Waals surface area contributed by atoms with E-state index in [2.05, 4.69) is 15.5 Å². The molecule has 3 rings (SSSR count). The summed E-state index contributed by atoms with van der Waals surface area (Å²) in [5.41, 5.74) is 0.861. The van der Waals surface area contributed by atoms with Crippen LogP contribution in [0.15, 0.2) is 29.4 Å². The Morgan fingerprint density at radius 1 is 1.38 bits per heavy atom. The third-order valence-corrected chi connectivity index (χ3v) is 4.64. The van der Waals surface area contributed by atoms with Crippen molar-refractivity contribution in [2.75, 3.05) is 24.8 Å². The molecule has 0 N–H and O–H groups in total. The number of ether oxygens (including phenoxy) is 1. The summed E-state index contributed by atoms with van der Waals surface area (Å²) in [4.78, 5) is 25.8. The van der Waals surface area contributed by atoms with Crippen LogP contribution in [0.3, 0.4) is 0 Å². The summed E-state index contributed by atoms with van der Waals surface area (Å²) < 4.78 is 6.53. The van der Waals surface area contributed by atoms with Crippen molar-refractivity contribution in [1.29, 1.82) is 0 Å². The molecular weight excluding hydrogens is 330 g/mol. The van der Waals surface area contributed by atoms with Crippen LogP contribution in [0.25, 0.3) is 0 Å². The number of hydrogen-bond donors (Lipinski definition) is 0.